The molecule has 5 rings (SSSR count). The van der Waals surface area contributed by atoms with Crippen molar-refractivity contribution >= 4 is 5.78 Å². The van der Waals surface area contributed by atoms with Gasteiger partial charge in [-0.15, -0.1) is 0 Å². The van der Waals surface area contributed by atoms with Crippen molar-refractivity contribution in [3.8, 4) is 28.7 Å². The number of carbonyl (C=O) groups is 1. The van der Waals surface area contributed by atoms with Gasteiger partial charge in [-0.05, 0) is 41.0 Å². The van der Waals surface area contributed by atoms with Gasteiger partial charge in [0.05, 0.1) is 34.0 Å². The molecule has 0 spiro atoms. The van der Waals surface area contributed by atoms with Crippen LogP contribution in [0.2, 0.25) is 0 Å². The Balaban J connectivity index is 1.75. The number of rotatable bonds is 4. The first kappa shape index (κ1) is 20.0. The Morgan fingerprint density at radius 2 is 1.58 bits per heavy atom. The van der Waals surface area contributed by atoms with Gasteiger partial charge in [-0.25, -0.2) is 0 Å². The molecule has 1 aliphatic carbocycles. The fourth-order valence-electron chi connectivity index (χ4n) is 5.05. The first-order valence-electron chi connectivity index (χ1n) is 10.1. The Kier molecular flexibility index (Phi) is 4.91. The maximum absolute atomic E-state index is 13.1. The Hall–Kier alpha value is -2.97. The molecule has 2 heterocycles. The minimum absolute atomic E-state index is 0.0225. The maximum Gasteiger partial charge on any atom is 0.231 e. The van der Waals surface area contributed by atoms with Gasteiger partial charge in [0.1, 0.15) is 6.61 Å². The SMILES string of the molecule is COc1cc(C2c3cc4c(cc3[C@H](O)C3COCC(=O)[C@H]23)OCO4)cc(OC)c1OC. The van der Waals surface area contributed by atoms with Crippen LogP contribution in [0.4, 0.5) is 0 Å². The van der Waals surface area contributed by atoms with E-state index in [1.54, 1.807) is 21.3 Å². The summed E-state index contributed by atoms with van der Waals surface area (Å²) in [5, 5.41) is 11.2. The van der Waals surface area contributed by atoms with Gasteiger partial charge in [-0.3, -0.25) is 4.79 Å². The van der Waals surface area contributed by atoms with Crippen LogP contribution in [0.5, 0.6) is 28.7 Å². The summed E-state index contributed by atoms with van der Waals surface area (Å²) in [6, 6.07) is 7.39. The number of hydrogen-bond acceptors (Lipinski definition) is 8. The van der Waals surface area contributed by atoms with Crippen LogP contribution < -0.4 is 23.7 Å². The van der Waals surface area contributed by atoms with Crippen molar-refractivity contribution in [3.05, 3.63) is 41.0 Å². The molecule has 1 N–H and O–H groups in total. The van der Waals surface area contributed by atoms with Gasteiger partial charge in [0.15, 0.2) is 28.8 Å². The van der Waals surface area contributed by atoms with Crippen LogP contribution in [-0.2, 0) is 9.53 Å². The van der Waals surface area contributed by atoms with Crippen molar-refractivity contribution in [2.75, 3.05) is 41.3 Å². The van der Waals surface area contributed by atoms with E-state index in [-0.39, 0.29) is 31.0 Å². The van der Waals surface area contributed by atoms with Crippen molar-refractivity contribution in [1.82, 2.24) is 0 Å². The molecule has 8 heteroatoms. The van der Waals surface area contributed by atoms with E-state index in [4.69, 9.17) is 28.4 Å². The summed E-state index contributed by atoms with van der Waals surface area (Å²) in [5.74, 6) is 1.44. The molecule has 8 nitrogen and oxygen atoms in total. The molecule has 0 bridgehead atoms. The van der Waals surface area contributed by atoms with Gasteiger partial charge in [-0.1, -0.05) is 0 Å². The van der Waals surface area contributed by atoms with E-state index in [1.165, 1.54) is 0 Å². The highest BCUT2D eigenvalue weighted by atomic mass is 16.7. The first-order chi connectivity index (χ1) is 15.1. The molecule has 0 radical (unpaired) electrons. The van der Waals surface area contributed by atoms with Gasteiger partial charge in [0.2, 0.25) is 12.5 Å². The number of benzene rings is 2. The zero-order chi connectivity index (χ0) is 21.7. The highest BCUT2D eigenvalue weighted by Crippen LogP contribution is 2.54. The Morgan fingerprint density at radius 1 is 0.935 bits per heavy atom. The van der Waals surface area contributed by atoms with E-state index >= 15 is 0 Å². The summed E-state index contributed by atoms with van der Waals surface area (Å²) in [4.78, 5) is 13.1. The number of hydrogen-bond donors (Lipinski definition) is 1. The van der Waals surface area contributed by atoms with Gasteiger partial charge >= 0.3 is 0 Å². The predicted molar refractivity (Wildman–Crippen MR) is 108 cm³/mol. The van der Waals surface area contributed by atoms with Gasteiger partial charge in [0.25, 0.3) is 0 Å². The summed E-state index contributed by atoms with van der Waals surface area (Å²) >= 11 is 0. The van der Waals surface area contributed by atoms with E-state index in [9.17, 15) is 9.90 Å². The van der Waals surface area contributed by atoms with E-state index in [2.05, 4.69) is 0 Å². The number of methoxy groups -OCH3 is 3. The van der Waals surface area contributed by atoms with Crippen LogP contribution in [0, 0.1) is 11.8 Å². The van der Waals surface area contributed by atoms with E-state index < -0.39 is 12.0 Å². The van der Waals surface area contributed by atoms with Crippen molar-refractivity contribution in [2.24, 2.45) is 11.8 Å². The average Bonchev–Trinajstić information content (AvgIpc) is 3.25. The van der Waals surface area contributed by atoms with Crippen molar-refractivity contribution in [2.45, 2.75) is 12.0 Å². The molecular weight excluding hydrogens is 404 g/mol. The number of aliphatic hydroxyl groups is 1. The zero-order valence-electron chi connectivity index (χ0n) is 17.5. The van der Waals surface area contributed by atoms with Crippen LogP contribution in [0.3, 0.4) is 0 Å². The Morgan fingerprint density at radius 3 is 2.19 bits per heavy atom. The lowest BCUT2D eigenvalue weighted by Gasteiger charge is -2.44. The quantitative estimate of drug-likeness (QED) is 0.794. The molecule has 164 valence electrons. The lowest BCUT2D eigenvalue weighted by Crippen LogP contribution is -2.46. The Bertz CT molecular complexity index is 1010. The van der Waals surface area contributed by atoms with Crippen LogP contribution in [0.25, 0.3) is 0 Å². The summed E-state index contributed by atoms with van der Waals surface area (Å²) in [6.45, 7) is 0.444. The maximum atomic E-state index is 13.1. The first-order valence-corrected chi connectivity index (χ1v) is 10.1. The topological polar surface area (TPSA) is 92.7 Å². The minimum atomic E-state index is -0.850. The highest BCUT2D eigenvalue weighted by Gasteiger charge is 2.49. The molecule has 1 saturated heterocycles. The minimum Gasteiger partial charge on any atom is -0.493 e. The van der Waals surface area contributed by atoms with Crippen molar-refractivity contribution in [1.29, 1.82) is 0 Å². The lowest BCUT2D eigenvalue weighted by atomic mass is 9.63. The summed E-state index contributed by atoms with van der Waals surface area (Å²) in [7, 11) is 4.66. The Labute approximate surface area is 179 Å². The average molecular weight is 428 g/mol. The molecule has 0 saturated carbocycles. The van der Waals surface area contributed by atoms with Crippen LogP contribution >= 0.6 is 0 Å². The molecule has 4 atom stereocenters. The van der Waals surface area contributed by atoms with Gasteiger partial charge in [0, 0.05) is 17.8 Å². The molecular formula is C23H24O8. The highest BCUT2D eigenvalue weighted by molar-refractivity contribution is 5.85. The van der Waals surface area contributed by atoms with Gasteiger partial charge in [-0.2, -0.15) is 0 Å². The number of carbonyl (C=O) groups excluding carboxylic acids is 1. The molecule has 2 aliphatic heterocycles. The second-order valence-corrected chi connectivity index (χ2v) is 7.89. The second-order valence-electron chi connectivity index (χ2n) is 7.89. The van der Waals surface area contributed by atoms with Crippen molar-refractivity contribution in [3.63, 3.8) is 0 Å². The van der Waals surface area contributed by atoms with Crippen LogP contribution in [-0.4, -0.2) is 52.2 Å². The molecule has 0 aromatic heterocycles. The zero-order valence-corrected chi connectivity index (χ0v) is 17.5. The van der Waals surface area contributed by atoms with Crippen LogP contribution in [0.15, 0.2) is 24.3 Å². The lowest BCUT2D eigenvalue weighted by molar-refractivity contribution is -0.144. The summed E-state index contributed by atoms with van der Waals surface area (Å²) in [5.41, 5.74) is 2.36. The van der Waals surface area contributed by atoms with Crippen molar-refractivity contribution < 1.29 is 38.3 Å². The third-order valence-corrected chi connectivity index (χ3v) is 6.43. The van der Waals surface area contributed by atoms with E-state index in [0.29, 0.717) is 40.9 Å². The standard InChI is InChI=1S/C23H24O8/c1-26-18-4-11(5-19(27-2)23(18)28-3)20-12-6-16-17(31-10-30-16)7-13(12)22(25)14-8-29-9-15(24)21(14)20/h4-7,14,20-22,25H,8-10H2,1-3H3/t14?,20?,21-,22+/m1/s1. The number of fused-ring (bicyclic) bond motifs is 3. The molecule has 2 aromatic carbocycles. The van der Waals surface area contributed by atoms with E-state index in [0.717, 1.165) is 11.1 Å². The third-order valence-electron chi connectivity index (χ3n) is 6.43. The molecule has 0 amide bonds. The summed E-state index contributed by atoms with van der Waals surface area (Å²) < 4.78 is 33.2. The largest absolute Gasteiger partial charge is 0.493 e. The fourth-order valence-corrected chi connectivity index (χ4v) is 5.05. The fraction of sp³-hybridized carbons (Fsp3) is 0.435. The normalized spacial score (nSPS) is 26.1. The monoisotopic (exact) mass is 428 g/mol. The molecule has 1 fully saturated rings. The summed E-state index contributed by atoms with van der Waals surface area (Å²) in [6.07, 6.45) is -0.850. The molecule has 3 aliphatic rings. The molecule has 2 unspecified atom stereocenters. The number of Topliss-reactive ketones (excluding diaryl/α,β-unsaturated/α-hetero) is 1. The third kappa shape index (κ3) is 3.01. The smallest absolute Gasteiger partial charge is 0.231 e. The van der Waals surface area contributed by atoms with Crippen LogP contribution in [0.1, 0.15) is 28.7 Å². The molecule has 31 heavy (non-hydrogen) atoms. The molecule has 2 aromatic rings. The predicted octanol–water partition coefficient (Wildman–Crippen LogP) is 2.45. The van der Waals surface area contributed by atoms with E-state index in [1.807, 2.05) is 24.3 Å². The number of aliphatic hydroxyl groups excluding tert-OH is 1. The number of ether oxygens (including phenoxy) is 6. The second kappa shape index (κ2) is 7.62. The number of ketones is 1. The van der Waals surface area contributed by atoms with Gasteiger partial charge < -0.3 is 33.5 Å².